The number of rotatable bonds is 2. The van der Waals surface area contributed by atoms with Crippen LogP contribution in [-0.4, -0.2) is 19.9 Å². The normalized spacial score (nSPS) is 11.0. The van der Waals surface area contributed by atoms with Crippen molar-refractivity contribution in [3.63, 3.8) is 0 Å². The van der Waals surface area contributed by atoms with Gasteiger partial charge in [-0.3, -0.25) is 4.79 Å². The maximum Gasteiger partial charge on any atom is 0.209 e. The number of aromatic nitrogens is 4. The minimum atomic E-state index is -0.227. The van der Waals surface area contributed by atoms with Crippen LogP contribution in [0.5, 0.6) is 0 Å². The van der Waals surface area contributed by atoms with Crippen molar-refractivity contribution >= 4 is 44.3 Å². The summed E-state index contributed by atoms with van der Waals surface area (Å²) in [7, 11) is 0. The molecule has 0 amide bonds. The number of nitrogens with zero attached hydrogens (tertiary/aromatic N) is 4. The van der Waals surface area contributed by atoms with E-state index in [9.17, 15) is 10.1 Å². The van der Waals surface area contributed by atoms with E-state index in [0.29, 0.717) is 27.6 Å². The third-order valence-corrected chi connectivity index (χ3v) is 5.58. The molecule has 0 unspecified atom stereocenters. The van der Waals surface area contributed by atoms with Crippen LogP contribution in [0.15, 0.2) is 59.0 Å². The Morgan fingerprint density at radius 2 is 1.90 bits per heavy atom. The molecule has 2 aromatic carbocycles. The number of thiazole rings is 1. The molecule has 3 aromatic heterocycles. The molecule has 0 bridgehead atoms. The lowest BCUT2D eigenvalue weighted by Gasteiger charge is -2.11. The van der Waals surface area contributed by atoms with Crippen LogP contribution >= 0.6 is 22.9 Å². The molecular formula is C21H10ClN5OS. The molecule has 0 fully saturated rings. The van der Waals surface area contributed by atoms with Crippen molar-refractivity contribution in [1.29, 1.82) is 5.26 Å². The first-order valence-corrected chi connectivity index (χ1v) is 9.83. The maximum absolute atomic E-state index is 12.3. The number of nitrogens with one attached hydrogen (secondary N) is 1. The smallest absolute Gasteiger partial charge is 0.209 e. The molecule has 5 aromatic rings. The highest BCUT2D eigenvalue weighted by molar-refractivity contribution is 7.16. The zero-order chi connectivity index (χ0) is 20.0. The SMILES string of the molecule is N#Cc1cccc(-c2nc3[nH]ccc(=O)c3nc2-c2cc(Cl)c3ncsc3c2)c1. The second-order valence-electron chi connectivity index (χ2n) is 6.31. The highest BCUT2D eigenvalue weighted by Crippen LogP contribution is 2.36. The monoisotopic (exact) mass is 415 g/mol. The number of hydrogen-bond acceptors (Lipinski definition) is 6. The second-order valence-corrected chi connectivity index (χ2v) is 7.60. The standard InChI is InChI=1S/C21H10ClN5OS/c22-14-7-13(8-16-19(14)25-10-29-16)18-17(12-3-1-2-11(6-12)9-23)27-21-20(26-18)15(28)4-5-24-21/h1-8,10H,(H,24,27,28). The minimum absolute atomic E-state index is 0.227. The van der Waals surface area contributed by atoms with Crippen LogP contribution < -0.4 is 5.43 Å². The Morgan fingerprint density at radius 3 is 2.76 bits per heavy atom. The van der Waals surface area contributed by atoms with Gasteiger partial charge < -0.3 is 4.98 Å². The molecule has 1 N–H and O–H groups in total. The van der Waals surface area contributed by atoms with Gasteiger partial charge in [0.1, 0.15) is 0 Å². The Bertz CT molecular complexity index is 1520. The summed E-state index contributed by atoms with van der Waals surface area (Å²) in [6.45, 7) is 0. The quantitative estimate of drug-likeness (QED) is 0.447. The van der Waals surface area contributed by atoms with Gasteiger partial charge in [-0.05, 0) is 24.3 Å². The number of nitriles is 1. The van der Waals surface area contributed by atoms with E-state index in [-0.39, 0.29) is 10.9 Å². The summed E-state index contributed by atoms with van der Waals surface area (Å²) in [6, 6.07) is 14.4. The number of pyridine rings is 1. The van der Waals surface area contributed by atoms with E-state index in [0.717, 1.165) is 21.3 Å². The third-order valence-electron chi connectivity index (χ3n) is 4.51. The average Bonchev–Trinajstić information content (AvgIpc) is 3.23. The van der Waals surface area contributed by atoms with Crippen molar-refractivity contribution in [2.75, 3.05) is 0 Å². The summed E-state index contributed by atoms with van der Waals surface area (Å²) >= 11 is 7.90. The summed E-state index contributed by atoms with van der Waals surface area (Å²) in [4.78, 5) is 28.9. The van der Waals surface area contributed by atoms with Gasteiger partial charge in [0.2, 0.25) is 5.43 Å². The van der Waals surface area contributed by atoms with Crippen LogP contribution in [0.25, 0.3) is 43.9 Å². The molecule has 0 saturated carbocycles. The number of halogens is 1. The van der Waals surface area contributed by atoms with Crippen molar-refractivity contribution in [3.05, 3.63) is 75.0 Å². The maximum atomic E-state index is 12.3. The fourth-order valence-electron chi connectivity index (χ4n) is 3.18. The fourth-order valence-corrected chi connectivity index (χ4v) is 4.25. The molecule has 8 heteroatoms. The van der Waals surface area contributed by atoms with E-state index in [4.69, 9.17) is 11.6 Å². The molecule has 0 spiro atoms. The first kappa shape index (κ1) is 17.5. The van der Waals surface area contributed by atoms with E-state index in [2.05, 4.69) is 26.0 Å². The highest BCUT2D eigenvalue weighted by Gasteiger charge is 2.17. The van der Waals surface area contributed by atoms with Crippen molar-refractivity contribution < 1.29 is 0 Å². The minimum Gasteiger partial charge on any atom is -0.345 e. The fraction of sp³-hybridized carbons (Fsp3) is 0. The topological polar surface area (TPSA) is 95.3 Å². The molecule has 0 saturated heterocycles. The van der Waals surface area contributed by atoms with Crippen LogP contribution in [0.1, 0.15) is 5.56 Å². The lowest BCUT2D eigenvalue weighted by molar-refractivity contribution is 1.22. The van der Waals surface area contributed by atoms with Crippen molar-refractivity contribution in [3.8, 4) is 28.6 Å². The van der Waals surface area contributed by atoms with Gasteiger partial charge in [0.05, 0.1) is 43.8 Å². The molecule has 138 valence electrons. The van der Waals surface area contributed by atoms with Crippen molar-refractivity contribution in [1.82, 2.24) is 19.9 Å². The van der Waals surface area contributed by atoms with E-state index < -0.39 is 0 Å². The first-order valence-electron chi connectivity index (χ1n) is 8.57. The zero-order valence-electron chi connectivity index (χ0n) is 14.7. The van der Waals surface area contributed by atoms with E-state index in [1.165, 1.54) is 23.6 Å². The summed E-state index contributed by atoms with van der Waals surface area (Å²) in [5, 5.41) is 9.78. The molecular weight excluding hydrogens is 406 g/mol. The molecule has 0 aliphatic carbocycles. The average molecular weight is 416 g/mol. The largest absolute Gasteiger partial charge is 0.345 e. The molecule has 0 radical (unpaired) electrons. The zero-order valence-corrected chi connectivity index (χ0v) is 16.3. The number of H-pyrrole nitrogens is 1. The predicted molar refractivity (Wildman–Crippen MR) is 114 cm³/mol. The first-order chi connectivity index (χ1) is 14.1. The van der Waals surface area contributed by atoms with Crippen LogP contribution in [-0.2, 0) is 0 Å². The number of fused-ring (bicyclic) bond motifs is 2. The summed E-state index contributed by atoms with van der Waals surface area (Å²) < 4.78 is 0.910. The predicted octanol–water partition coefficient (Wildman–Crippen LogP) is 4.79. The van der Waals surface area contributed by atoms with Crippen LogP contribution in [0.4, 0.5) is 0 Å². The third kappa shape index (κ3) is 2.95. The van der Waals surface area contributed by atoms with Gasteiger partial charge in [-0.1, -0.05) is 23.7 Å². The number of benzene rings is 2. The highest BCUT2D eigenvalue weighted by atomic mass is 35.5. The molecule has 5 rings (SSSR count). The van der Waals surface area contributed by atoms with Crippen molar-refractivity contribution in [2.45, 2.75) is 0 Å². The van der Waals surface area contributed by atoms with Gasteiger partial charge in [-0.2, -0.15) is 5.26 Å². The van der Waals surface area contributed by atoms with Crippen molar-refractivity contribution in [2.24, 2.45) is 0 Å². The molecule has 29 heavy (non-hydrogen) atoms. The Hall–Kier alpha value is -3.60. The molecule has 0 aliphatic heterocycles. The summed E-state index contributed by atoms with van der Waals surface area (Å²) in [5.74, 6) is 0. The summed E-state index contributed by atoms with van der Waals surface area (Å²) in [5.41, 5.74) is 5.86. The van der Waals surface area contributed by atoms with Gasteiger partial charge >= 0.3 is 0 Å². The van der Waals surface area contributed by atoms with Crippen LogP contribution in [0.3, 0.4) is 0 Å². The number of hydrogen-bond donors (Lipinski definition) is 1. The molecule has 0 aliphatic rings. The Kier molecular flexibility index (Phi) is 4.09. The van der Waals surface area contributed by atoms with Gasteiger partial charge in [0.25, 0.3) is 0 Å². The van der Waals surface area contributed by atoms with Gasteiger partial charge in [0, 0.05) is 23.4 Å². The van der Waals surface area contributed by atoms with Crippen LogP contribution in [0, 0.1) is 11.3 Å². The van der Waals surface area contributed by atoms with Gasteiger partial charge in [-0.15, -0.1) is 11.3 Å². The van der Waals surface area contributed by atoms with Crippen LogP contribution in [0.2, 0.25) is 5.02 Å². The Labute approximate surface area is 173 Å². The molecule has 0 atom stereocenters. The Morgan fingerprint density at radius 1 is 1.03 bits per heavy atom. The Balaban J connectivity index is 1.87. The lowest BCUT2D eigenvalue weighted by Crippen LogP contribution is -2.06. The van der Waals surface area contributed by atoms with E-state index in [1.807, 2.05) is 12.1 Å². The number of aromatic amines is 1. The molecule has 6 nitrogen and oxygen atoms in total. The van der Waals surface area contributed by atoms with E-state index in [1.54, 1.807) is 29.8 Å². The lowest BCUT2D eigenvalue weighted by atomic mass is 10.0. The van der Waals surface area contributed by atoms with Gasteiger partial charge in [0.15, 0.2) is 11.2 Å². The van der Waals surface area contributed by atoms with Gasteiger partial charge in [-0.25, -0.2) is 15.0 Å². The van der Waals surface area contributed by atoms with E-state index >= 15 is 0 Å². The second kappa shape index (κ2) is 6.78. The summed E-state index contributed by atoms with van der Waals surface area (Å²) in [6.07, 6.45) is 1.54. The molecule has 3 heterocycles.